The maximum Gasteiger partial charge on any atom is 4.00 e. The van der Waals surface area contributed by atoms with E-state index in [4.69, 9.17) is 0 Å². The zero-order chi connectivity index (χ0) is 22.6. The van der Waals surface area contributed by atoms with E-state index in [1.165, 1.54) is 41.5 Å². The van der Waals surface area contributed by atoms with Gasteiger partial charge in [0.15, 0.2) is 0 Å². The van der Waals surface area contributed by atoms with E-state index in [-0.39, 0.29) is 38.0 Å². The molecule has 0 aliphatic heterocycles. The van der Waals surface area contributed by atoms with Crippen molar-refractivity contribution in [2.24, 2.45) is 0 Å². The third-order valence-electron chi connectivity index (χ3n) is 6.01. The molecule has 0 N–H and O–H groups in total. The molecule has 1 fully saturated rings. The van der Waals surface area contributed by atoms with Crippen LogP contribution in [0.1, 0.15) is 53.4 Å². The molecule has 4 aromatic carbocycles. The van der Waals surface area contributed by atoms with Crippen LogP contribution in [0.4, 0.5) is 0 Å². The van der Waals surface area contributed by atoms with Crippen molar-refractivity contribution in [1.29, 1.82) is 0 Å². The van der Waals surface area contributed by atoms with Gasteiger partial charge in [0.05, 0.1) is 0 Å². The van der Waals surface area contributed by atoms with E-state index in [9.17, 15) is 0 Å². The molecular weight excluding hydrogens is 488 g/mol. The monoisotopic (exact) mass is 518 g/mol. The smallest absolute Gasteiger partial charge is 0.360 e. The number of hydrogen-bond donors (Lipinski definition) is 0. The predicted octanol–water partition coefficient (Wildman–Crippen LogP) is 8.64. The molecule has 0 nitrogen and oxygen atoms in total. The minimum Gasteiger partial charge on any atom is -0.360 e. The van der Waals surface area contributed by atoms with Crippen LogP contribution in [0.2, 0.25) is 0 Å². The molecule has 168 valence electrons. The zero-order valence-electron chi connectivity index (χ0n) is 19.6. The summed E-state index contributed by atoms with van der Waals surface area (Å²) in [6, 6.07) is 42.9. The van der Waals surface area contributed by atoms with E-state index in [0.717, 1.165) is 0 Å². The minimum atomic E-state index is 0. The largest absolute Gasteiger partial charge is 4.00 e. The molecular formula is C33H32Zr. The summed E-state index contributed by atoms with van der Waals surface area (Å²) in [5.74, 6) is 0.484. The van der Waals surface area contributed by atoms with Gasteiger partial charge in [0.25, 0.3) is 0 Å². The van der Waals surface area contributed by atoms with E-state index in [0.29, 0.717) is 0 Å². The van der Waals surface area contributed by atoms with Gasteiger partial charge in [0.2, 0.25) is 0 Å². The first-order valence-electron chi connectivity index (χ1n) is 11.9. The Morgan fingerprint density at radius 1 is 0.471 bits per heavy atom. The van der Waals surface area contributed by atoms with Gasteiger partial charge < -0.3 is 19.3 Å². The molecule has 0 aromatic heterocycles. The summed E-state index contributed by atoms with van der Waals surface area (Å²) in [5, 5.41) is 0. The van der Waals surface area contributed by atoms with E-state index < -0.39 is 0 Å². The van der Waals surface area contributed by atoms with E-state index in [2.05, 4.69) is 147 Å². The molecule has 2 unspecified atom stereocenters. The van der Waals surface area contributed by atoms with E-state index in [1.54, 1.807) is 0 Å². The van der Waals surface area contributed by atoms with Crippen LogP contribution in [0, 0.1) is 25.7 Å². The van der Waals surface area contributed by atoms with Gasteiger partial charge in [-0.1, -0.05) is 83.9 Å². The molecule has 1 heteroatoms. The van der Waals surface area contributed by atoms with Crippen LogP contribution in [0.3, 0.4) is 0 Å². The molecule has 5 rings (SSSR count). The molecule has 1 saturated carbocycles. The Bertz CT molecular complexity index is 934. The average Bonchev–Trinajstić information content (AvgIpc) is 3.49. The van der Waals surface area contributed by atoms with E-state index >= 15 is 0 Å². The third kappa shape index (κ3) is 8.07. The summed E-state index contributed by atoms with van der Waals surface area (Å²) in [6.07, 6.45) is 13.3. The second-order valence-corrected chi connectivity index (χ2v) is 8.42. The second-order valence-electron chi connectivity index (χ2n) is 8.42. The van der Waals surface area contributed by atoms with Gasteiger partial charge in [0, 0.05) is 0 Å². The summed E-state index contributed by atoms with van der Waals surface area (Å²) >= 11 is 0. The van der Waals surface area contributed by atoms with Gasteiger partial charge in [-0.15, -0.1) is 24.3 Å². The van der Waals surface area contributed by atoms with Crippen molar-refractivity contribution >= 4 is 0 Å². The standard InChI is InChI=1S/C28H24.C5H8.Zr/c1-5-13-23(14-6-1)21-27(25-17-9-3-10-18-25)28(26-19-11-4-12-20-26)22-24-15-7-2-8-16-24;1-2-4-5-3-1;/h1-22,27-28H;1,4H,2-3,5H2;/q2*-2;+4. The number of rotatable bonds is 7. The molecule has 1 aliphatic rings. The van der Waals surface area contributed by atoms with Crippen molar-refractivity contribution in [3.8, 4) is 0 Å². The quantitative estimate of drug-likeness (QED) is 0.214. The maximum atomic E-state index is 2.40. The molecule has 0 amide bonds. The van der Waals surface area contributed by atoms with Gasteiger partial charge >= 0.3 is 26.2 Å². The second kappa shape index (κ2) is 14.7. The van der Waals surface area contributed by atoms with Crippen LogP contribution < -0.4 is 0 Å². The van der Waals surface area contributed by atoms with Crippen LogP contribution in [-0.4, -0.2) is 0 Å². The fourth-order valence-electron chi connectivity index (χ4n) is 4.30. The van der Waals surface area contributed by atoms with Crippen LogP contribution in [-0.2, 0) is 26.2 Å². The molecule has 0 bridgehead atoms. The van der Waals surface area contributed by atoms with Crippen molar-refractivity contribution < 1.29 is 26.2 Å². The van der Waals surface area contributed by atoms with Crippen molar-refractivity contribution in [2.75, 3.05) is 0 Å². The number of benzene rings is 4. The molecule has 0 spiro atoms. The van der Waals surface area contributed by atoms with Crippen LogP contribution in [0.25, 0.3) is 0 Å². The first-order valence-corrected chi connectivity index (χ1v) is 11.9. The minimum absolute atomic E-state index is 0. The molecule has 2 atom stereocenters. The zero-order valence-corrected chi connectivity index (χ0v) is 22.1. The van der Waals surface area contributed by atoms with Crippen molar-refractivity contribution in [2.45, 2.75) is 31.1 Å². The van der Waals surface area contributed by atoms with Gasteiger partial charge in [-0.2, -0.15) is 48.2 Å². The van der Waals surface area contributed by atoms with Gasteiger partial charge in [-0.3, -0.25) is 0 Å². The van der Waals surface area contributed by atoms with Gasteiger partial charge in [-0.05, 0) is 11.8 Å². The Kier molecular flexibility index (Phi) is 11.3. The summed E-state index contributed by atoms with van der Waals surface area (Å²) < 4.78 is 0. The number of hydrogen-bond acceptors (Lipinski definition) is 0. The first kappa shape index (κ1) is 26.1. The Morgan fingerprint density at radius 2 is 0.794 bits per heavy atom. The van der Waals surface area contributed by atoms with Crippen LogP contribution in [0.15, 0.2) is 121 Å². The van der Waals surface area contributed by atoms with Crippen LogP contribution in [0.5, 0.6) is 0 Å². The Morgan fingerprint density at radius 3 is 1.09 bits per heavy atom. The van der Waals surface area contributed by atoms with Gasteiger partial charge in [0.1, 0.15) is 0 Å². The summed E-state index contributed by atoms with van der Waals surface area (Å²) in [7, 11) is 0. The topological polar surface area (TPSA) is 0 Å². The fraction of sp³-hybridized carbons (Fsp3) is 0.152. The van der Waals surface area contributed by atoms with Crippen molar-refractivity contribution in [1.82, 2.24) is 0 Å². The molecule has 0 saturated heterocycles. The Balaban J connectivity index is 0.000000481. The normalized spacial score (nSPS) is 14.0. The predicted molar refractivity (Wildman–Crippen MR) is 141 cm³/mol. The van der Waals surface area contributed by atoms with Crippen molar-refractivity contribution in [3.05, 3.63) is 169 Å². The summed E-state index contributed by atoms with van der Waals surface area (Å²) in [4.78, 5) is 0. The SMILES string of the molecule is [CH-]1C[CH-]CC1.[Zr+4].c1ccc([CH-]C(c2ccccc2)C([CH-]c2ccccc2)c2ccccc2)cc1. The molecule has 4 aromatic rings. The molecule has 1 aliphatic carbocycles. The Labute approximate surface area is 225 Å². The maximum absolute atomic E-state index is 2.40. The molecule has 0 radical (unpaired) electrons. The third-order valence-corrected chi connectivity index (χ3v) is 6.01. The summed E-state index contributed by atoms with van der Waals surface area (Å²) in [6.45, 7) is 0. The molecule has 34 heavy (non-hydrogen) atoms. The fourth-order valence-corrected chi connectivity index (χ4v) is 4.30. The van der Waals surface area contributed by atoms with Crippen LogP contribution >= 0.6 is 0 Å². The Hall–Kier alpha value is -2.50. The summed E-state index contributed by atoms with van der Waals surface area (Å²) in [5.41, 5.74) is 5.15. The van der Waals surface area contributed by atoms with Crippen molar-refractivity contribution in [3.63, 3.8) is 0 Å². The van der Waals surface area contributed by atoms with E-state index in [1.807, 2.05) is 0 Å². The molecule has 0 heterocycles. The average molecular weight is 520 g/mol. The first-order chi connectivity index (χ1) is 16.4. The van der Waals surface area contributed by atoms with Gasteiger partial charge in [-0.25, -0.2) is 12.8 Å².